The molecule has 1 unspecified atom stereocenters. The van der Waals surface area contributed by atoms with E-state index in [4.69, 9.17) is 18.8 Å². The van der Waals surface area contributed by atoms with Crippen molar-refractivity contribution in [3.05, 3.63) is 199 Å². The smallest absolute Gasteiger partial charge is 0.160 e. The molecule has 0 saturated heterocycles. The standard InChI is InChI=1S/C51H32N4O2/c1-3-12-31(13-4-1)32-22-25-35(26-23-32)55-42-19-9-7-16-36(42)39-28-29-40-46-41(18-11-21-44(46)57-48(40)47(39)55)51-53-49(33-14-5-2-6-15-33)52-50(54-51)34-24-27-38-37-17-8-10-20-43(37)56-45(38)30-34/h1-30,50H,(H,52,53,54). The van der Waals surface area contributed by atoms with Gasteiger partial charge in [0.2, 0.25) is 0 Å². The molecule has 0 spiro atoms. The molecule has 57 heavy (non-hydrogen) atoms. The lowest BCUT2D eigenvalue weighted by molar-refractivity contribution is 0.655. The largest absolute Gasteiger partial charge is 0.456 e. The van der Waals surface area contributed by atoms with Crippen LogP contribution < -0.4 is 5.32 Å². The Morgan fingerprint density at radius 1 is 0.491 bits per heavy atom. The summed E-state index contributed by atoms with van der Waals surface area (Å²) in [5.74, 6) is 1.38. The van der Waals surface area contributed by atoms with E-state index >= 15 is 0 Å². The maximum Gasteiger partial charge on any atom is 0.160 e. The van der Waals surface area contributed by atoms with Crippen LogP contribution in [0.1, 0.15) is 22.9 Å². The van der Waals surface area contributed by atoms with Gasteiger partial charge in [-0.3, -0.25) is 0 Å². The Bertz CT molecular complexity index is 3430. The van der Waals surface area contributed by atoms with E-state index in [0.717, 1.165) is 88.5 Å². The number of furan rings is 2. The van der Waals surface area contributed by atoms with Crippen LogP contribution in [0.2, 0.25) is 0 Å². The molecule has 0 saturated carbocycles. The lowest BCUT2D eigenvalue weighted by Gasteiger charge is -2.24. The molecule has 268 valence electrons. The van der Waals surface area contributed by atoms with Gasteiger partial charge in [0.25, 0.3) is 0 Å². The zero-order valence-electron chi connectivity index (χ0n) is 30.6. The van der Waals surface area contributed by atoms with Crippen LogP contribution in [-0.4, -0.2) is 16.2 Å². The number of para-hydroxylation sites is 2. The third kappa shape index (κ3) is 4.97. The van der Waals surface area contributed by atoms with Crippen molar-refractivity contribution < 1.29 is 8.83 Å². The number of amidine groups is 2. The molecule has 1 aliphatic heterocycles. The van der Waals surface area contributed by atoms with Crippen LogP contribution in [0, 0.1) is 0 Å². The fourth-order valence-corrected chi connectivity index (χ4v) is 8.62. The van der Waals surface area contributed by atoms with Gasteiger partial charge in [-0.2, -0.15) is 0 Å². The van der Waals surface area contributed by atoms with Crippen LogP contribution in [0.4, 0.5) is 0 Å². The quantitative estimate of drug-likeness (QED) is 0.192. The van der Waals surface area contributed by atoms with Crippen molar-refractivity contribution >= 4 is 77.4 Å². The highest BCUT2D eigenvalue weighted by Crippen LogP contribution is 2.42. The van der Waals surface area contributed by atoms with Gasteiger partial charge < -0.3 is 18.7 Å². The molecule has 0 bridgehead atoms. The van der Waals surface area contributed by atoms with Gasteiger partial charge in [0.15, 0.2) is 11.4 Å². The van der Waals surface area contributed by atoms with Gasteiger partial charge in [0.05, 0.1) is 11.0 Å². The van der Waals surface area contributed by atoms with Gasteiger partial charge in [0.1, 0.15) is 28.8 Å². The summed E-state index contributed by atoms with van der Waals surface area (Å²) in [4.78, 5) is 10.4. The summed E-state index contributed by atoms with van der Waals surface area (Å²) in [6.45, 7) is 0. The SMILES string of the molecule is c1ccc(C2=NC(c3ccc4c(c3)oc3ccccc34)NC(c3cccc4oc5c(ccc6c7ccccc7n(-c7ccc(-c8ccccc8)cc7)c65)c34)=N2)cc1. The fourth-order valence-electron chi connectivity index (χ4n) is 8.62. The summed E-state index contributed by atoms with van der Waals surface area (Å²) in [6.07, 6.45) is -0.410. The first-order chi connectivity index (χ1) is 28.2. The minimum atomic E-state index is -0.410. The second-order valence-electron chi connectivity index (χ2n) is 14.6. The van der Waals surface area contributed by atoms with Gasteiger partial charge in [0, 0.05) is 54.7 Å². The van der Waals surface area contributed by atoms with Crippen molar-refractivity contribution in [2.24, 2.45) is 9.98 Å². The molecule has 12 rings (SSSR count). The molecule has 3 aromatic heterocycles. The number of benzene rings is 8. The fraction of sp³-hybridized carbons (Fsp3) is 0.0196. The summed E-state index contributed by atoms with van der Waals surface area (Å²) in [7, 11) is 0. The van der Waals surface area contributed by atoms with E-state index in [0.29, 0.717) is 5.84 Å². The summed E-state index contributed by atoms with van der Waals surface area (Å²) in [6, 6.07) is 63.2. The van der Waals surface area contributed by atoms with Crippen molar-refractivity contribution in [1.29, 1.82) is 0 Å². The number of fused-ring (bicyclic) bond motifs is 10. The zero-order chi connectivity index (χ0) is 37.5. The van der Waals surface area contributed by atoms with E-state index in [1.54, 1.807) is 0 Å². The van der Waals surface area contributed by atoms with Crippen LogP contribution in [0.15, 0.2) is 201 Å². The number of aromatic nitrogens is 1. The number of nitrogens with zero attached hydrogens (tertiary/aromatic N) is 3. The van der Waals surface area contributed by atoms with Crippen molar-refractivity contribution in [3.63, 3.8) is 0 Å². The Labute approximate surface area is 326 Å². The Hall–Kier alpha value is -7.70. The first-order valence-corrected chi connectivity index (χ1v) is 19.2. The number of nitrogens with one attached hydrogen (secondary N) is 1. The molecule has 8 aromatic carbocycles. The van der Waals surface area contributed by atoms with Crippen molar-refractivity contribution in [1.82, 2.24) is 9.88 Å². The van der Waals surface area contributed by atoms with Crippen LogP contribution >= 0.6 is 0 Å². The second kappa shape index (κ2) is 12.4. The average Bonchev–Trinajstić information content (AvgIpc) is 3.96. The molecule has 1 N–H and O–H groups in total. The molecular formula is C51H32N4O2. The highest BCUT2D eigenvalue weighted by molar-refractivity contribution is 6.26. The molecule has 4 heterocycles. The summed E-state index contributed by atoms with van der Waals surface area (Å²) >= 11 is 0. The second-order valence-corrected chi connectivity index (χ2v) is 14.6. The lowest BCUT2D eigenvalue weighted by Crippen LogP contribution is -2.33. The minimum absolute atomic E-state index is 0.410. The van der Waals surface area contributed by atoms with Crippen LogP contribution in [-0.2, 0) is 0 Å². The summed E-state index contributed by atoms with van der Waals surface area (Å²) in [5.41, 5.74) is 11.8. The molecule has 0 amide bonds. The maximum atomic E-state index is 6.94. The van der Waals surface area contributed by atoms with Gasteiger partial charge in [-0.05, 0) is 53.6 Å². The van der Waals surface area contributed by atoms with E-state index in [9.17, 15) is 0 Å². The molecule has 0 fully saturated rings. The monoisotopic (exact) mass is 732 g/mol. The van der Waals surface area contributed by atoms with E-state index < -0.39 is 6.17 Å². The van der Waals surface area contributed by atoms with Gasteiger partial charge >= 0.3 is 0 Å². The summed E-state index contributed by atoms with van der Waals surface area (Å²) in [5, 5.41) is 10.2. The maximum absolute atomic E-state index is 6.94. The number of hydrogen-bond acceptors (Lipinski definition) is 5. The van der Waals surface area contributed by atoms with E-state index in [2.05, 4.69) is 143 Å². The topological polar surface area (TPSA) is 68.0 Å². The molecule has 0 aliphatic carbocycles. The number of hydrogen-bond donors (Lipinski definition) is 1. The molecule has 1 aliphatic rings. The Balaban J connectivity index is 1.04. The summed E-state index contributed by atoms with van der Waals surface area (Å²) < 4.78 is 15.6. The average molecular weight is 733 g/mol. The van der Waals surface area contributed by atoms with E-state index in [-0.39, 0.29) is 0 Å². The predicted octanol–water partition coefficient (Wildman–Crippen LogP) is 12.7. The van der Waals surface area contributed by atoms with Crippen molar-refractivity contribution in [2.75, 3.05) is 0 Å². The Morgan fingerprint density at radius 2 is 1.16 bits per heavy atom. The lowest BCUT2D eigenvalue weighted by atomic mass is 10.0. The van der Waals surface area contributed by atoms with E-state index in [1.807, 2.05) is 48.5 Å². The Morgan fingerprint density at radius 3 is 2.00 bits per heavy atom. The van der Waals surface area contributed by atoms with E-state index in [1.165, 1.54) is 16.5 Å². The van der Waals surface area contributed by atoms with Gasteiger partial charge in [-0.1, -0.05) is 140 Å². The molecule has 11 aromatic rings. The van der Waals surface area contributed by atoms with Crippen LogP contribution in [0.25, 0.3) is 82.5 Å². The molecule has 6 nitrogen and oxygen atoms in total. The van der Waals surface area contributed by atoms with Crippen molar-refractivity contribution in [2.45, 2.75) is 6.17 Å². The molecule has 1 atom stereocenters. The molecule has 6 heteroatoms. The first-order valence-electron chi connectivity index (χ1n) is 19.2. The number of aliphatic imine (C=N–C) groups is 2. The minimum Gasteiger partial charge on any atom is -0.456 e. The third-order valence-electron chi connectivity index (χ3n) is 11.3. The van der Waals surface area contributed by atoms with Gasteiger partial charge in [-0.15, -0.1) is 0 Å². The molecular weight excluding hydrogens is 701 g/mol. The normalized spacial score (nSPS) is 14.5. The van der Waals surface area contributed by atoms with Crippen LogP contribution in [0.3, 0.4) is 0 Å². The highest BCUT2D eigenvalue weighted by atomic mass is 16.3. The first kappa shape index (κ1) is 31.6. The van der Waals surface area contributed by atoms with Gasteiger partial charge in [-0.25, -0.2) is 9.98 Å². The zero-order valence-corrected chi connectivity index (χ0v) is 30.6. The molecule has 0 radical (unpaired) electrons. The Kier molecular flexibility index (Phi) is 6.89. The number of rotatable bonds is 5. The third-order valence-corrected chi connectivity index (χ3v) is 11.3. The van der Waals surface area contributed by atoms with Crippen molar-refractivity contribution in [3.8, 4) is 16.8 Å². The predicted molar refractivity (Wildman–Crippen MR) is 233 cm³/mol. The van der Waals surface area contributed by atoms with Crippen LogP contribution in [0.5, 0.6) is 0 Å². The highest BCUT2D eigenvalue weighted by Gasteiger charge is 2.26.